The molecule has 2 rings (SSSR count). The number of rotatable bonds is 8. The second kappa shape index (κ2) is 10.7. The first kappa shape index (κ1) is 22.6. The number of benzene rings is 1. The van der Waals surface area contributed by atoms with Gasteiger partial charge in [0.2, 0.25) is 6.79 Å². The second-order valence-corrected chi connectivity index (χ2v) is 8.09. The van der Waals surface area contributed by atoms with Crippen molar-refractivity contribution in [3.05, 3.63) is 18.2 Å². The van der Waals surface area contributed by atoms with Crippen LogP contribution < -0.4 is 24.8 Å². The van der Waals surface area contributed by atoms with Crippen LogP contribution in [0.15, 0.2) is 23.2 Å². The van der Waals surface area contributed by atoms with E-state index in [4.69, 9.17) is 14.2 Å². The van der Waals surface area contributed by atoms with Gasteiger partial charge in [0.1, 0.15) is 22.2 Å². The van der Waals surface area contributed by atoms with Gasteiger partial charge < -0.3 is 24.8 Å². The molecule has 1 aliphatic heterocycles. The zero-order chi connectivity index (χ0) is 18.3. The van der Waals surface area contributed by atoms with Crippen LogP contribution in [0.2, 0.25) is 0 Å². The molecule has 1 heterocycles. The Bertz CT molecular complexity index is 712. The Kier molecular flexibility index (Phi) is 9.27. The highest BCUT2D eigenvalue weighted by Gasteiger charge is 2.13. The minimum atomic E-state index is -2.96. The number of fused-ring (bicyclic) bond motifs is 1. The summed E-state index contributed by atoms with van der Waals surface area (Å²) in [6, 6.07) is 5.43. The van der Waals surface area contributed by atoms with E-state index in [2.05, 4.69) is 15.6 Å². The lowest BCUT2D eigenvalue weighted by Gasteiger charge is -2.17. The molecule has 1 aromatic carbocycles. The fourth-order valence-corrected chi connectivity index (χ4v) is 2.98. The molecule has 0 fully saturated rings. The molecular weight excluding hydrogens is 473 g/mol. The zero-order valence-electron chi connectivity index (χ0n) is 15.1. The van der Waals surface area contributed by atoms with Crippen LogP contribution in [0, 0.1) is 0 Å². The van der Waals surface area contributed by atoms with Crippen LogP contribution in [0.1, 0.15) is 13.3 Å². The standard InChI is InChI=1S/C16H25N3O5S.HI/c1-12(6-9-25(3,20)21)19-16(17-2)18-7-8-22-13-4-5-14-15(10-13)24-11-23-14;/h4-5,10,12H,6-9,11H2,1-3H3,(H2,17,18,19);1H. The average molecular weight is 499 g/mol. The molecule has 1 aromatic rings. The summed E-state index contributed by atoms with van der Waals surface area (Å²) in [6.45, 7) is 3.14. The Labute approximate surface area is 171 Å². The first-order valence-electron chi connectivity index (χ1n) is 8.05. The number of hydrogen-bond acceptors (Lipinski definition) is 6. The van der Waals surface area contributed by atoms with E-state index in [0.717, 1.165) is 5.75 Å². The molecule has 1 atom stereocenters. The molecule has 10 heteroatoms. The first-order valence-corrected chi connectivity index (χ1v) is 10.1. The van der Waals surface area contributed by atoms with Gasteiger partial charge in [0, 0.05) is 25.4 Å². The molecule has 2 N–H and O–H groups in total. The summed E-state index contributed by atoms with van der Waals surface area (Å²) in [7, 11) is -1.29. The van der Waals surface area contributed by atoms with Crippen molar-refractivity contribution in [2.45, 2.75) is 19.4 Å². The topological polar surface area (TPSA) is 98.2 Å². The molecule has 26 heavy (non-hydrogen) atoms. The molecule has 1 unspecified atom stereocenters. The monoisotopic (exact) mass is 499 g/mol. The van der Waals surface area contributed by atoms with Crippen molar-refractivity contribution in [3.63, 3.8) is 0 Å². The largest absolute Gasteiger partial charge is 0.492 e. The van der Waals surface area contributed by atoms with Crippen molar-refractivity contribution < 1.29 is 22.6 Å². The first-order chi connectivity index (χ1) is 11.9. The fourth-order valence-electron chi connectivity index (χ4n) is 2.20. The third kappa shape index (κ3) is 7.85. The minimum absolute atomic E-state index is 0. The third-order valence-electron chi connectivity index (χ3n) is 3.54. The molecule has 0 saturated carbocycles. The Morgan fingerprint density at radius 1 is 1.35 bits per heavy atom. The van der Waals surface area contributed by atoms with Crippen LogP contribution >= 0.6 is 24.0 Å². The maximum Gasteiger partial charge on any atom is 0.231 e. The molecule has 0 amide bonds. The van der Waals surface area contributed by atoms with E-state index in [1.165, 1.54) is 6.26 Å². The van der Waals surface area contributed by atoms with E-state index in [1.54, 1.807) is 13.1 Å². The van der Waals surface area contributed by atoms with Gasteiger partial charge >= 0.3 is 0 Å². The number of ether oxygens (including phenoxy) is 3. The van der Waals surface area contributed by atoms with E-state index in [0.29, 0.717) is 37.0 Å². The van der Waals surface area contributed by atoms with Gasteiger partial charge in [-0.1, -0.05) is 0 Å². The van der Waals surface area contributed by atoms with Crippen molar-refractivity contribution in [1.82, 2.24) is 10.6 Å². The van der Waals surface area contributed by atoms with Crippen molar-refractivity contribution in [3.8, 4) is 17.2 Å². The van der Waals surface area contributed by atoms with Crippen molar-refractivity contribution in [2.24, 2.45) is 4.99 Å². The lowest BCUT2D eigenvalue weighted by molar-refractivity contribution is 0.173. The third-order valence-corrected chi connectivity index (χ3v) is 4.51. The number of nitrogens with zero attached hydrogens (tertiary/aromatic N) is 1. The number of sulfone groups is 1. The van der Waals surface area contributed by atoms with E-state index in [1.807, 2.05) is 19.1 Å². The summed E-state index contributed by atoms with van der Waals surface area (Å²) in [5.41, 5.74) is 0. The second-order valence-electron chi connectivity index (χ2n) is 5.83. The van der Waals surface area contributed by atoms with Gasteiger partial charge in [-0.25, -0.2) is 8.42 Å². The molecule has 1 aliphatic rings. The quantitative estimate of drug-likeness (QED) is 0.242. The Balaban J connectivity index is 0.00000338. The number of hydrogen-bond donors (Lipinski definition) is 2. The molecule has 0 spiro atoms. The van der Waals surface area contributed by atoms with Crippen LogP contribution in [0.3, 0.4) is 0 Å². The smallest absolute Gasteiger partial charge is 0.231 e. The van der Waals surface area contributed by atoms with Gasteiger partial charge in [-0.2, -0.15) is 0 Å². The maximum atomic E-state index is 11.2. The summed E-state index contributed by atoms with van der Waals surface area (Å²) in [4.78, 5) is 4.12. The number of guanidine groups is 1. The summed E-state index contributed by atoms with van der Waals surface area (Å²) >= 11 is 0. The van der Waals surface area contributed by atoms with E-state index >= 15 is 0 Å². The Morgan fingerprint density at radius 2 is 2.08 bits per heavy atom. The molecule has 148 valence electrons. The molecule has 0 aromatic heterocycles. The normalized spacial score (nSPS) is 14.3. The van der Waals surface area contributed by atoms with Crippen molar-refractivity contribution >= 4 is 39.8 Å². The van der Waals surface area contributed by atoms with Gasteiger partial charge in [0.15, 0.2) is 17.5 Å². The van der Waals surface area contributed by atoms with Crippen LogP contribution in [0.4, 0.5) is 0 Å². The van der Waals surface area contributed by atoms with Crippen molar-refractivity contribution in [1.29, 1.82) is 0 Å². The summed E-state index contributed by atoms with van der Waals surface area (Å²) in [5.74, 6) is 2.86. The maximum absolute atomic E-state index is 11.2. The van der Waals surface area contributed by atoms with Crippen LogP contribution in [0.5, 0.6) is 17.2 Å². The van der Waals surface area contributed by atoms with Gasteiger partial charge in [-0.05, 0) is 25.5 Å². The molecule has 0 radical (unpaired) electrons. The number of aliphatic imine (C=N–C) groups is 1. The predicted molar refractivity (Wildman–Crippen MR) is 112 cm³/mol. The number of nitrogens with one attached hydrogen (secondary N) is 2. The summed E-state index contributed by atoms with van der Waals surface area (Å²) in [6.07, 6.45) is 1.76. The summed E-state index contributed by atoms with van der Waals surface area (Å²) in [5, 5.41) is 6.28. The van der Waals surface area contributed by atoms with Gasteiger partial charge in [-0.3, -0.25) is 4.99 Å². The van der Waals surface area contributed by atoms with Gasteiger partial charge in [0.05, 0.1) is 12.3 Å². The predicted octanol–water partition coefficient (Wildman–Crippen LogP) is 1.40. The van der Waals surface area contributed by atoms with Crippen molar-refractivity contribution in [2.75, 3.05) is 39.0 Å². The average Bonchev–Trinajstić information content (AvgIpc) is 3.02. The van der Waals surface area contributed by atoms with Crippen LogP contribution in [-0.2, 0) is 9.84 Å². The fraction of sp³-hybridized carbons (Fsp3) is 0.562. The van der Waals surface area contributed by atoms with Crippen LogP contribution in [0.25, 0.3) is 0 Å². The highest BCUT2D eigenvalue weighted by Crippen LogP contribution is 2.34. The van der Waals surface area contributed by atoms with E-state index in [-0.39, 0.29) is 42.6 Å². The minimum Gasteiger partial charge on any atom is -0.492 e. The lowest BCUT2D eigenvalue weighted by atomic mass is 10.3. The highest BCUT2D eigenvalue weighted by atomic mass is 127. The Hall–Kier alpha value is -1.43. The Morgan fingerprint density at radius 3 is 2.77 bits per heavy atom. The molecular formula is C16H26IN3O5S. The zero-order valence-corrected chi connectivity index (χ0v) is 18.3. The van der Waals surface area contributed by atoms with E-state index in [9.17, 15) is 8.42 Å². The van der Waals surface area contributed by atoms with Gasteiger partial charge in [0.25, 0.3) is 0 Å². The molecule has 0 saturated heterocycles. The van der Waals surface area contributed by atoms with Crippen LogP contribution in [-0.4, -0.2) is 59.4 Å². The molecule has 0 bridgehead atoms. The molecule has 8 nitrogen and oxygen atoms in total. The lowest BCUT2D eigenvalue weighted by Crippen LogP contribution is -2.44. The van der Waals surface area contributed by atoms with Gasteiger partial charge in [-0.15, -0.1) is 24.0 Å². The number of halogens is 1. The van der Waals surface area contributed by atoms with E-state index < -0.39 is 9.84 Å². The molecule has 0 aliphatic carbocycles. The SMILES string of the molecule is CN=C(NCCOc1ccc2c(c1)OCO2)NC(C)CCS(C)(=O)=O.I. The summed E-state index contributed by atoms with van der Waals surface area (Å²) < 4.78 is 38.6. The highest BCUT2D eigenvalue weighted by molar-refractivity contribution is 14.0.